The standard InChI is InChI=1S/C13H16N2O6S/c1-15-7-9(21-13(15)16)4-5-14-22(17,18)10-2-3-11-12(6-10)20-8-19-11/h2-3,6,9,14H,4-5,7-8H2,1H3. The van der Waals surface area contributed by atoms with Crippen LogP contribution in [-0.2, 0) is 14.8 Å². The zero-order valence-electron chi connectivity index (χ0n) is 11.9. The van der Waals surface area contributed by atoms with Crippen LogP contribution >= 0.6 is 0 Å². The number of ether oxygens (including phenoxy) is 3. The first kappa shape index (κ1) is 14.9. The highest BCUT2D eigenvalue weighted by Gasteiger charge is 2.28. The van der Waals surface area contributed by atoms with Crippen LogP contribution in [0.1, 0.15) is 6.42 Å². The predicted octanol–water partition coefficient (Wildman–Crippen LogP) is 0.534. The molecule has 1 atom stereocenters. The Morgan fingerprint density at radius 1 is 1.32 bits per heavy atom. The summed E-state index contributed by atoms with van der Waals surface area (Å²) >= 11 is 0. The number of hydrogen-bond acceptors (Lipinski definition) is 6. The van der Waals surface area contributed by atoms with Crippen LogP contribution in [0.4, 0.5) is 4.79 Å². The summed E-state index contributed by atoms with van der Waals surface area (Å²) in [6.07, 6.45) is -0.263. The van der Waals surface area contributed by atoms with Crippen LogP contribution in [0.2, 0.25) is 0 Å². The number of nitrogens with one attached hydrogen (secondary N) is 1. The van der Waals surface area contributed by atoms with Crippen molar-refractivity contribution in [3.05, 3.63) is 18.2 Å². The number of hydrogen-bond donors (Lipinski definition) is 1. The lowest BCUT2D eigenvalue weighted by atomic mass is 10.2. The van der Waals surface area contributed by atoms with E-state index in [2.05, 4.69) is 4.72 Å². The quantitative estimate of drug-likeness (QED) is 0.847. The van der Waals surface area contributed by atoms with Gasteiger partial charge in [-0.15, -0.1) is 0 Å². The smallest absolute Gasteiger partial charge is 0.409 e. The Morgan fingerprint density at radius 3 is 2.82 bits per heavy atom. The highest BCUT2D eigenvalue weighted by atomic mass is 32.2. The number of fused-ring (bicyclic) bond motifs is 1. The second-order valence-corrected chi connectivity index (χ2v) is 6.85. The third-order valence-corrected chi connectivity index (χ3v) is 4.93. The molecule has 0 aliphatic carbocycles. The van der Waals surface area contributed by atoms with Crippen LogP contribution in [0.3, 0.4) is 0 Å². The van der Waals surface area contributed by atoms with Crippen molar-refractivity contribution >= 4 is 16.1 Å². The van der Waals surface area contributed by atoms with Gasteiger partial charge in [0.1, 0.15) is 6.10 Å². The second-order valence-electron chi connectivity index (χ2n) is 5.09. The summed E-state index contributed by atoms with van der Waals surface area (Å²) < 4.78 is 42.3. The molecule has 0 aromatic heterocycles. The SMILES string of the molecule is CN1CC(CCNS(=O)(=O)c2ccc3c(c2)OCO3)OC1=O. The van der Waals surface area contributed by atoms with E-state index in [1.165, 1.54) is 17.0 Å². The molecular weight excluding hydrogens is 312 g/mol. The summed E-state index contributed by atoms with van der Waals surface area (Å²) in [4.78, 5) is 12.8. The molecule has 1 fully saturated rings. The number of rotatable bonds is 5. The number of carbonyl (C=O) groups is 1. The monoisotopic (exact) mass is 328 g/mol. The molecule has 2 aliphatic rings. The molecule has 1 aromatic carbocycles. The van der Waals surface area contributed by atoms with Gasteiger partial charge in [-0.05, 0) is 18.6 Å². The van der Waals surface area contributed by atoms with E-state index in [0.717, 1.165) is 0 Å². The van der Waals surface area contributed by atoms with Gasteiger partial charge < -0.3 is 19.1 Å². The lowest BCUT2D eigenvalue weighted by Crippen LogP contribution is -2.28. The molecule has 8 nitrogen and oxygen atoms in total. The molecule has 1 aromatic rings. The number of sulfonamides is 1. The topological polar surface area (TPSA) is 94.2 Å². The Balaban J connectivity index is 1.58. The first-order valence-corrected chi connectivity index (χ1v) is 8.25. The van der Waals surface area contributed by atoms with Gasteiger partial charge in [0.05, 0.1) is 11.4 Å². The fourth-order valence-corrected chi connectivity index (χ4v) is 3.34. The largest absolute Gasteiger partial charge is 0.454 e. The minimum atomic E-state index is -3.64. The number of cyclic esters (lactones) is 1. The van der Waals surface area contributed by atoms with Gasteiger partial charge in [-0.2, -0.15) is 0 Å². The maximum Gasteiger partial charge on any atom is 0.409 e. The second kappa shape index (κ2) is 5.65. The molecule has 0 radical (unpaired) electrons. The van der Waals surface area contributed by atoms with Gasteiger partial charge >= 0.3 is 6.09 Å². The Bertz CT molecular complexity index is 690. The summed E-state index contributed by atoms with van der Waals surface area (Å²) in [5.41, 5.74) is 0. The molecule has 120 valence electrons. The maximum absolute atomic E-state index is 12.2. The third kappa shape index (κ3) is 2.95. The van der Waals surface area contributed by atoms with Crippen LogP contribution in [-0.4, -0.2) is 52.4 Å². The molecule has 2 aliphatic heterocycles. The number of likely N-dealkylation sites (N-methyl/N-ethyl adjacent to an activating group) is 1. The number of carbonyl (C=O) groups excluding carboxylic acids is 1. The molecule has 1 N–H and O–H groups in total. The average molecular weight is 328 g/mol. The molecule has 9 heteroatoms. The van der Waals surface area contributed by atoms with E-state index in [9.17, 15) is 13.2 Å². The highest BCUT2D eigenvalue weighted by molar-refractivity contribution is 7.89. The van der Waals surface area contributed by atoms with Crippen LogP contribution in [0.25, 0.3) is 0 Å². The molecule has 0 saturated carbocycles. The van der Waals surface area contributed by atoms with Gasteiger partial charge in [-0.3, -0.25) is 0 Å². The van der Waals surface area contributed by atoms with E-state index >= 15 is 0 Å². The predicted molar refractivity (Wildman–Crippen MR) is 75.3 cm³/mol. The molecule has 0 bridgehead atoms. The van der Waals surface area contributed by atoms with Gasteiger partial charge in [0.25, 0.3) is 0 Å². The molecule has 3 rings (SSSR count). The molecule has 1 amide bonds. The normalized spacial score (nSPS) is 20.3. The summed E-state index contributed by atoms with van der Waals surface area (Å²) in [7, 11) is -2.00. The average Bonchev–Trinajstić information content (AvgIpc) is 3.05. The van der Waals surface area contributed by atoms with Crippen molar-refractivity contribution in [3.8, 4) is 11.5 Å². The van der Waals surface area contributed by atoms with E-state index in [0.29, 0.717) is 24.5 Å². The fraction of sp³-hybridized carbons (Fsp3) is 0.462. The lowest BCUT2D eigenvalue weighted by Gasteiger charge is -2.10. The minimum absolute atomic E-state index is 0.0901. The molecule has 1 unspecified atom stereocenters. The van der Waals surface area contributed by atoms with Crippen LogP contribution in [0.15, 0.2) is 23.1 Å². The Kier molecular flexibility index (Phi) is 3.83. The van der Waals surface area contributed by atoms with Gasteiger partial charge in [-0.25, -0.2) is 17.9 Å². The van der Waals surface area contributed by atoms with Crippen molar-refractivity contribution in [1.29, 1.82) is 0 Å². The first-order chi connectivity index (χ1) is 10.5. The minimum Gasteiger partial charge on any atom is -0.454 e. The van der Waals surface area contributed by atoms with Crippen molar-refractivity contribution in [1.82, 2.24) is 9.62 Å². The van der Waals surface area contributed by atoms with E-state index in [1.54, 1.807) is 13.1 Å². The first-order valence-electron chi connectivity index (χ1n) is 6.77. The molecule has 1 saturated heterocycles. The highest BCUT2D eigenvalue weighted by Crippen LogP contribution is 2.33. The summed E-state index contributed by atoms with van der Waals surface area (Å²) in [6.45, 7) is 0.736. The van der Waals surface area contributed by atoms with Crippen LogP contribution < -0.4 is 14.2 Å². The Labute approximate surface area is 128 Å². The van der Waals surface area contributed by atoms with Gasteiger partial charge in [0.15, 0.2) is 11.5 Å². The Hall–Kier alpha value is -2.00. The zero-order chi connectivity index (χ0) is 15.7. The zero-order valence-corrected chi connectivity index (χ0v) is 12.8. The van der Waals surface area contributed by atoms with E-state index in [-0.39, 0.29) is 30.4 Å². The van der Waals surface area contributed by atoms with Crippen molar-refractivity contribution < 1.29 is 27.4 Å². The Morgan fingerprint density at radius 2 is 2.09 bits per heavy atom. The lowest BCUT2D eigenvalue weighted by molar-refractivity contribution is 0.131. The van der Waals surface area contributed by atoms with Gasteiger partial charge in [0, 0.05) is 19.7 Å². The van der Waals surface area contributed by atoms with E-state index < -0.39 is 10.0 Å². The third-order valence-electron chi connectivity index (χ3n) is 3.47. The maximum atomic E-state index is 12.2. The fourth-order valence-electron chi connectivity index (χ4n) is 2.28. The van der Waals surface area contributed by atoms with Gasteiger partial charge in [0.2, 0.25) is 16.8 Å². The summed E-state index contributed by atoms with van der Waals surface area (Å²) in [5.74, 6) is 0.939. The van der Waals surface area contributed by atoms with Crippen molar-refractivity contribution in [2.75, 3.05) is 26.9 Å². The molecule has 2 heterocycles. The van der Waals surface area contributed by atoms with Crippen molar-refractivity contribution in [3.63, 3.8) is 0 Å². The van der Waals surface area contributed by atoms with Crippen LogP contribution in [0, 0.1) is 0 Å². The molecular formula is C13H16N2O6S. The molecule has 22 heavy (non-hydrogen) atoms. The summed E-state index contributed by atoms with van der Waals surface area (Å²) in [6, 6.07) is 4.44. The van der Waals surface area contributed by atoms with Crippen LogP contribution in [0.5, 0.6) is 11.5 Å². The van der Waals surface area contributed by atoms with Gasteiger partial charge in [-0.1, -0.05) is 0 Å². The number of nitrogens with zero attached hydrogens (tertiary/aromatic N) is 1. The van der Waals surface area contributed by atoms with E-state index in [4.69, 9.17) is 14.2 Å². The summed E-state index contributed by atoms with van der Waals surface area (Å²) in [5, 5.41) is 0. The number of benzene rings is 1. The number of amides is 1. The van der Waals surface area contributed by atoms with E-state index in [1.807, 2.05) is 0 Å². The van der Waals surface area contributed by atoms with Crippen molar-refractivity contribution in [2.45, 2.75) is 17.4 Å². The molecule has 0 spiro atoms. The van der Waals surface area contributed by atoms with Crippen molar-refractivity contribution in [2.24, 2.45) is 0 Å².